The third-order valence-electron chi connectivity index (χ3n) is 4.60. The minimum Gasteiger partial charge on any atom is -0.481 e. The first-order chi connectivity index (χ1) is 14.9. The molecular formula is C25H28O6S. The van der Waals surface area contributed by atoms with Gasteiger partial charge in [-0.2, -0.15) is 8.42 Å². The maximum atomic E-state index is 11.4. The van der Waals surface area contributed by atoms with Gasteiger partial charge < -0.3 is 9.29 Å². The minimum absolute atomic E-state index is 0.0931. The molecule has 0 saturated heterocycles. The van der Waals surface area contributed by atoms with Gasteiger partial charge in [-0.05, 0) is 33.7 Å². The van der Waals surface area contributed by atoms with Crippen molar-refractivity contribution in [3.63, 3.8) is 0 Å². The molecule has 32 heavy (non-hydrogen) atoms. The van der Waals surface area contributed by atoms with E-state index in [-0.39, 0.29) is 17.6 Å². The van der Waals surface area contributed by atoms with Crippen LogP contribution in [0.3, 0.4) is 0 Å². The van der Waals surface area contributed by atoms with Gasteiger partial charge in [0.1, 0.15) is 0 Å². The van der Waals surface area contributed by atoms with Gasteiger partial charge in [0.25, 0.3) is 0 Å². The van der Waals surface area contributed by atoms with Crippen LogP contribution in [-0.2, 0) is 20.6 Å². The lowest BCUT2D eigenvalue weighted by Crippen LogP contribution is -2.15. The van der Waals surface area contributed by atoms with Gasteiger partial charge in [0.05, 0.1) is 0 Å². The van der Waals surface area contributed by atoms with E-state index in [0.717, 1.165) is 22.3 Å². The molecule has 0 atom stereocenters. The summed E-state index contributed by atoms with van der Waals surface area (Å²) in [5, 5.41) is 7.72. The van der Waals surface area contributed by atoms with Crippen molar-refractivity contribution in [2.75, 3.05) is 0 Å². The normalized spacial score (nSPS) is 11.3. The molecule has 6 nitrogen and oxygen atoms in total. The summed E-state index contributed by atoms with van der Waals surface area (Å²) in [4.78, 5) is 9.37. The lowest BCUT2D eigenvalue weighted by atomic mass is 9.78. The quantitative estimate of drug-likeness (QED) is 0.458. The highest BCUT2D eigenvalue weighted by Gasteiger charge is 2.26. The second-order valence-corrected chi connectivity index (χ2v) is 9.12. The van der Waals surface area contributed by atoms with Gasteiger partial charge >= 0.3 is 16.4 Å². The molecule has 0 bridgehead atoms. The van der Waals surface area contributed by atoms with Gasteiger partial charge in [-0.25, -0.2) is 0 Å². The number of hydrogen-bond acceptors (Lipinski definition) is 4. The Morgan fingerprint density at radius 1 is 0.844 bits per heavy atom. The largest absolute Gasteiger partial charge is 0.481 e. The molecule has 0 saturated carbocycles. The Morgan fingerprint density at radius 3 is 1.66 bits per heavy atom. The topological polar surface area (TPSA) is 101 Å². The second-order valence-electron chi connectivity index (χ2n) is 8.10. The average molecular weight is 457 g/mol. The third kappa shape index (κ3) is 6.93. The predicted molar refractivity (Wildman–Crippen MR) is 126 cm³/mol. The van der Waals surface area contributed by atoms with Crippen molar-refractivity contribution in [3.8, 4) is 28.0 Å². The van der Waals surface area contributed by atoms with Gasteiger partial charge in [-0.1, -0.05) is 94.4 Å². The lowest BCUT2D eigenvalue weighted by molar-refractivity contribution is -0.136. The van der Waals surface area contributed by atoms with Crippen LogP contribution in [-0.4, -0.2) is 24.0 Å². The van der Waals surface area contributed by atoms with Crippen molar-refractivity contribution in [3.05, 3.63) is 78.4 Å². The summed E-state index contributed by atoms with van der Waals surface area (Å²) in [6.07, 6.45) is 0.222. The maximum absolute atomic E-state index is 11.4. The average Bonchev–Trinajstić information content (AvgIpc) is 2.73. The highest BCUT2D eigenvalue weighted by Crippen LogP contribution is 2.45. The summed E-state index contributed by atoms with van der Waals surface area (Å²) < 4.78 is 37.1. The van der Waals surface area contributed by atoms with Crippen molar-refractivity contribution in [2.24, 2.45) is 0 Å². The fourth-order valence-corrected chi connectivity index (χ4v) is 3.55. The molecular weight excluding hydrogens is 428 g/mol. The molecule has 0 heterocycles. The van der Waals surface area contributed by atoms with E-state index in [9.17, 15) is 17.8 Å². The van der Waals surface area contributed by atoms with Crippen molar-refractivity contribution in [1.82, 2.24) is 0 Å². The smallest absolute Gasteiger partial charge is 0.446 e. The van der Waals surface area contributed by atoms with E-state index < -0.39 is 16.4 Å². The summed E-state index contributed by atoms with van der Waals surface area (Å²) in [5.41, 5.74) is 4.13. The standard InChI is InChI=1S/C22H22O4S.C3H6O2/c1-22(2,3)18-14-15-19(26-27(23,24)25)21(17-12-8-5-9-13-17)20(18)16-10-6-4-7-11-16;1-2-3(4)5/h4-15H,1-3H3,(H,23,24,25);2H2,1H3,(H,4,5). The zero-order valence-corrected chi connectivity index (χ0v) is 19.4. The number of carboxylic acids is 1. The van der Waals surface area contributed by atoms with Gasteiger partial charge in [0, 0.05) is 12.0 Å². The monoisotopic (exact) mass is 456 g/mol. The highest BCUT2D eigenvalue weighted by molar-refractivity contribution is 7.81. The molecule has 0 amide bonds. The molecule has 3 rings (SSSR count). The molecule has 0 spiro atoms. The van der Waals surface area contributed by atoms with E-state index in [1.165, 1.54) is 0 Å². The minimum atomic E-state index is -4.65. The molecule has 0 aromatic heterocycles. The zero-order chi connectivity index (χ0) is 23.9. The molecule has 0 aliphatic rings. The first-order valence-corrected chi connectivity index (χ1v) is 11.5. The molecule has 0 fully saturated rings. The van der Waals surface area contributed by atoms with Crippen LogP contribution in [0, 0.1) is 0 Å². The Balaban J connectivity index is 0.000000654. The number of carbonyl (C=O) groups is 1. The number of hydrogen-bond donors (Lipinski definition) is 2. The molecule has 0 aliphatic heterocycles. The summed E-state index contributed by atoms with van der Waals surface area (Å²) in [5.74, 6) is -0.652. The summed E-state index contributed by atoms with van der Waals surface area (Å²) in [6, 6.07) is 22.7. The fourth-order valence-electron chi connectivity index (χ4n) is 3.19. The fraction of sp³-hybridized carbons (Fsp3) is 0.240. The van der Waals surface area contributed by atoms with Crippen LogP contribution < -0.4 is 4.18 Å². The first kappa shape index (κ1) is 25.1. The van der Waals surface area contributed by atoms with Crippen molar-refractivity contribution < 1.29 is 27.1 Å². The second kappa shape index (κ2) is 10.4. The van der Waals surface area contributed by atoms with E-state index in [0.29, 0.717) is 5.56 Å². The number of benzene rings is 3. The third-order valence-corrected chi connectivity index (χ3v) is 4.99. The van der Waals surface area contributed by atoms with Crippen molar-refractivity contribution in [2.45, 2.75) is 39.5 Å². The Hall–Kier alpha value is -3.16. The Kier molecular flexibility index (Phi) is 8.19. The van der Waals surface area contributed by atoms with Crippen LogP contribution in [0.4, 0.5) is 0 Å². The molecule has 0 radical (unpaired) electrons. The van der Waals surface area contributed by atoms with Crippen LogP contribution in [0.1, 0.15) is 39.7 Å². The molecule has 3 aromatic carbocycles. The summed E-state index contributed by atoms with van der Waals surface area (Å²) in [7, 11) is -4.65. The summed E-state index contributed by atoms with van der Waals surface area (Å²) in [6.45, 7) is 7.91. The van der Waals surface area contributed by atoms with Crippen molar-refractivity contribution >= 4 is 16.4 Å². The lowest BCUT2D eigenvalue weighted by Gasteiger charge is -2.26. The van der Waals surface area contributed by atoms with Gasteiger partial charge in [-0.15, -0.1) is 0 Å². The number of aliphatic carboxylic acids is 1. The van der Waals surface area contributed by atoms with Gasteiger partial charge in [0.2, 0.25) is 0 Å². The first-order valence-electron chi connectivity index (χ1n) is 10.1. The van der Waals surface area contributed by atoms with Crippen LogP contribution in [0.25, 0.3) is 22.3 Å². The van der Waals surface area contributed by atoms with Crippen LogP contribution in [0.2, 0.25) is 0 Å². The molecule has 7 heteroatoms. The Bertz CT molecular complexity index is 1150. The Labute approximate surface area is 189 Å². The van der Waals surface area contributed by atoms with Crippen LogP contribution in [0.5, 0.6) is 5.75 Å². The Morgan fingerprint density at radius 2 is 1.28 bits per heavy atom. The summed E-state index contributed by atoms with van der Waals surface area (Å²) >= 11 is 0. The zero-order valence-electron chi connectivity index (χ0n) is 18.6. The molecule has 2 N–H and O–H groups in total. The van der Waals surface area contributed by atoms with E-state index in [1.54, 1.807) is 13.0 Å². The highest BCUT2D eigenvalue weighted by atomic mass is 32.3. The van der Waals surface area contributed by atoms with E-state index in [2.05, 4.69) is 20.8 Å². The van der Waals surface area contributed by atoms with E-state index in [1.807, 2.05) is 66.7 Å². The number of carboxylic acid groups (broad SMARTS) is 1. The number of rotatable bonds is 5. The van der Waals surface area contributed by atoms with E-state index in [4.69, 9.17) is 9.29 Å². The van der Waals surface area contributed by atoms with Crippen molar-refractivity contribution in [1.29, 1.82) is 0 Å². The molecule has 3 aromatic rings. The van der Waals surface area contributed by atoms with Gasteiger partial charge in [0.15, 0.2) is 5.75 Å². The molecule has 170 valence electrons. The van der Waals surface area contributed by atoms with Crippen LogP contribution >= 0.6 is 0 Å². The molecule has 0 unspecified atom stereocenters. The predicted octanol–water partition coefficient (Wildman–Crippen LogP) is 5.98. The van der Waals surface area contributed by atoms with Gasteiger partial charge in [-0.3, -0.25) is 9.35 Å². The maximum Gasteiger partial charge on any atom is 0.446 e. The SMILES string of the molecule is CC(C)(C)c1ccc(OS(=O)(=O)O)c(-c2ccccc2)c1-c1ccccc1.CCC(=O)O. The van der Waals surface area contributed by atoms with E-state index >= 15 is 0 Å². The molecule has 0 aliphatic carbocycles. The van der Waals surface area contributed by atoms with Crippen LogP contribution in [0.15, 0.2) is 72.8 Å².